The fraction of sp³-hybridized carbons (Fsp3) is 0.444. The summed E-state index contributed by atoms with van der Waals surface area (Å²) in [6.45, 7) is 2.75. The van der Waals surface area contributed by atoms with Gasteiger partial charge in [0, 0.05) is 36.1 Å². The number of likely N-dealkylation sites (N-methyl/N-ethyl adjacent to an activating group) is 1. The van der Waals surface area contributed by atoms with Crippen molar-refractivity contribution < 1.29 is 9.53 Å². The number of hydrogen-bond acceptors (Lipinski definition) is 5. The zero-order chi connectivity index (χ0) is 18.4. The molecule has 0 aliphatic rings. The molecule has 2 rings (SSSR count). The highest BCUT2D eigenvalue weighted by Crippen LogP contribution is 2.27. The van der Waals surface area contributed by atoms with E-state index in [0.29, 0.717) is 13.1 Å². The third-order valence-corrected chi connectivity index (χ3v) is 5.03. The zero-order valence-electron chi connectivity index (χ0n) is 15.1. The number of methoxy groups -OCH3 is 1. The molecule has 1 N–H and O–H groups in total. The van der Waals surface area contributed by atoms with E-state index in [1.807, 2.05) is 55.6 Å². The molecule has 0 spiro atoms. The summed E-state index contributed by atoms with van der Waals surface area (Å²) in [7, 11) is 5.58. The number of carbonyl (C=O) groups is 1. The van der Waals surface area contributed by atoms with E-state index in [1.165, 1.54) is 0 Å². The number of ether oxygens (including phenoxy) is 1. The molecule has 1 aromatic heterocycles. The van der Waals surface area contributed by atoms with Crippen LogP contribution in [0.2, 0.25) is 0 Å². The van der Waals surface area contributed by atoms with Crippen molar-refractivity contribution >= 4 is 17.2 Å². The molecule has 1 aromatic carbocycles. The molecule has 1 heterocycles. The molecule has 7 heteroatoms. The minimum atomic E-state index is -0.0701. The Morgan fingerprint density at radius 1 is 1.36 bits per heavy atom. The third kappa shape index (κ3) is 4.93. The van der Waals surface area contributed by atoms with Gasteiger partial charge in [-0.1, -0.05) is 29.5 Å². The summed E-state index contributed by atoms with van der Waals surface area (Å²) in [5.74, 6) is 0.732. The predicted molar refractivity (Wildman–Crippen MR) is 100 cm³/mol. The van der Waals surface area contributed by atoms with Crippen LogP contribution in [0.5, 0.6) is 5.75 Å². The molecule has 0 radical (unpaired) electrons. The van der Waals surface area contributed by atoms with Gasteiger partial charge >= 0.3 is 4.87 Å². The SMILES string of the molecule is COc1ccccc1C(CNC(=O)CCn1c(C)csc1=O)N(C)C. The van der Waals surface area contributed by atoms with E-state index in [0.717, 1.165) is 28.3 Å². The lowest BCUT2D eigenvalue weighted by Crippen LogP contribution is -2.35. The molecule has 0 fully saturated rings. The smallest absolute Gasteiger partial charge is 0.307 e. The van der Waals surface area contributed by atoms with Gasteiger partial charge in [-0.3, -0.25) is 9.59 Å². The Balaban J connectivity index is 1.97. The van der Waals surface area contributed by atoms with Crippen LogP contribution >= 0.6 is 11.3 Å². The Labute approximate surface area is 152 Å². The number of hydrogen-bond donors (Lipinski definition) is 1. The van der Waals surface area contributed by atoms with E-state index in [2.05, 4.69) is 5.32 Å². The van der Waals surface area contributed by atoms with Gasteiger partial charge in [0.25, 0.3) is 0 Å². The molecule has 1 unspecified atom stereocenters. The molecule has 2 aromatic rings. The number of benzene rings is 1. The molecule has 25 heavy (non-hydrogen) atoms. The first-order valence-electron chi connectivity index (χ1n) is 8.15. The second kappa shape index (κ2) is 8.82. The fourth-order valence-corrected chi connectivity index (χ4v) is 3.46. The van der Waals surface area contributed by atoms with Crippen LogP contribution in [0.25, 0.3) is 0 Å². The molecule has 0 aliphatic heterocycles. The highest BCUT2D eigenvalue weighted by atomic mass is 32.1. The highest BCUT2D eigenvalue weighted by molar-refractivity contribution is 7.07. The Hall–Kier alpha value is -2.12. The first-order valence-corrected chi connectivity index (χ1v) is 9.03. The van der Waals surface area contributed by atoms with Crippen LogP contribution in [0.1, 0.15) is 23.7 Å². The lowest BCUT2D eigenvalue weighted by molar-refractivity contribution is -0.121. The van der Waals surface area contributed by atoms with Gasteiger partial charge in [-0.25, -0.2) is 0 Å². The molecule has 136 valence electrons. The van der Waals surface area contributed by atoms with E-state index >= 15 is 0 Å². The summed E-state index contributed by atoms with van der Waals surface area (Å²) < 4.78 is 7.06. The van der Waals surface area contributed by atoms with Crippen LogP contribution < -0.4 is 14.9 Å². The lowest BCUT2D eigenvalue weighted by Gasteiger charge is -2.26. The second-order valence-electron chi connectivity index (χ2n) is 6.07. The normalized spacial score (nSPS) is 12.2. The van der Waals surface area contributed by atoms with Gasteiger partial charge in [0.05, 0.1) is 13.2 Å². The van der Waals surface area contributed by atoms with Gasteiger partial charge in [0.2, 0.25) is 5.91 Å². The Kier molecular flexibility index (Phi) is 6.78. The summed E-state index contributed by atoms with van der Waals surface area (Å²) >= 11 is 1.16. The van der Waals surface area contributed by atoms with Crippen LogP contribution in [0.3, 0.4) is 0 Å². The van der Waals surface area contributed by atoms with Crippen LogP contribution in [-0.4, -0.2) is 43.1 Å². The van der Waals surface area contributed by atoms with Crippen molar-refractivity contribution in [3.8, 4) is 5.75 Å². The van der Waals surface area contributed by atoms with Crippen molar-refractivity contribution in [2.45, 2.75) is 25.9 Å². The number of carbonyl (C=O) groups excluding carboxylic acids is 1. The maximum Gasteiger partial charge on any atom is 0.307 e. The predicted octanol–water partition coefficient (Wildman–Crippen LogP) is 2.04. The maximum atomic E-state index is 12.2. The molecule has 0 bridgehead atoms. The van der Waals surface area contributed by atoms with E-state index in [9.17, 15) is 9.59 Å². The molecule has 0 saturated carbocycles. The van der Waals surface area contributed by atoms with E-state index < -0.39 is 0 Å². The standard InChI is InChI=1S/C18H25N3O3S/c1-13-12-25-18(23)21(13)10-9-17(22)19-11-15(20(2)3)14-7-5-6-8-16(14)24-4/h5-8,12,15H,9-11H2,1-4H3,(H,19,22). The quantitative estimate of drug-likeness (QED) is 0.780. The van der Waals surface area contributed by atoms with Crippen LogP contribution in [0.4, 0.5) is 0 Å². The summed E-state index contributed by atoms with van der Waals surface area (Å²) in [5, 5.41) is 4.78. The molecule has 6 nitrogen and oxygen atoms in total. The minimum Gasteiger partial charge on any atom is -0.496 e. The van der Waals surface area contributed by atoms with Crippen LogP contribution in [0, 0.1) is 6.92 Å². The van der Waals surface area contributed by atoms with Gasteiger partial charge in [-0.2, -0.15) is 0 Å². The lowest BCUT2D eigenvalue weighted by atomic mass is 10.0. The van der Waals surface area contributed by atoms with Gasteiger partial charge in [-0.15, -0.1) is 0 Å². The monoisotopic (exact) mass is 363 g/mol. The minimum absolute atomic E-state index is 0.00528. The molecule has 0 saturated heterocycles. The highest BCUT2D eigenvalue weighted by Gasteiger charge is 2.19. The number of nitrogens with one attached hydrogen (secondary N) is 1. The number of aryl methyl sites for hydroxylation is 1. The Morgan fingerprint density at radius 3 is 2.68 bits per heavy atom. The largest absolute Gasteiger partial charge is 0.496 e. The number of amides is 1. The van der Waals surface area contributed by atoms with Crippen molar-refractivity contribution in [3.63, 3.8) is 0 Å². The van der Waals surface area contributed by atoms with Crippen molar-refractivity contribution in [1.82, 2.24) is 14.8 Å². The van der Waals surface area contributed by atoms with Gasteiger partial charge in [0.1, 0.15) is 5.75 Å². The zero-order valence-corrected chi connectivity index (χ0v) is 15.9. The molecule has 1 atom stereocenters. The molecular weight excluding hydrogens is 338 g/mol. The topological polar surface area (TPSA) is 63.6 Å². The number of aromatic nitrogens is 1. The summed E-state index contributed by atoms with van der Waals surface area (Å²) in [4.78, 5) is 25.9. The third-order valence-electron chi connectivity index (χ3n) is 4.15. The summed E-state index contributed by atoms with van der Waals surface area (Å²) in [6, 6.07) is 7.81. The maximum absolute atomic E-state index is 12.2. The number of rotatable bonds is 8. The van der Waals surface area contributed by atoms with Crippen molar-refractivity contribution in [1.29, 1.82) is 0 Å². The molecule has 0 aliphatic carbocycles. The average Bonchev–Trinajstić information content (AvgIpc) is 2.91. The van der Waals surface area contributed by atoms with Crippen molar-refractivity contribution in [3.05, 3.63) is 50.6 Å². The van der Waals surface area contributed by atoms with Gasteiger partial charge in [-0.05, 0) is 27.1 Å². The van der Waals surface area contributed by atoms with E-state index in [-0.39, 0.29) is 23.2 Å². The summed E-state index contributed by atoms with van der Waals surface area (Å²) in [6.07, 6.45) is 0.281. The van der Waals surface area contributed by atoms with E-state index in [1.54, 1.807) is 11.7 Å². The number of nitrogens with zero attached hydrogens (tertiary/aromatic N) is 2. The average molecular weight is 363 g/mol. The number of para-hydroxylation sites is 1. The first kappa shape index (κ1) is 19.2. The van der Waals surface area contributed by atoms with Crippen LogP contribution in [0.15, 0.2) is 34.4 Å². The van der Waals surface area contributed by atoms with Crippen molar-refractivity contribution in [2.75, 3.05) is 27.7 Å². The number of thiazole rings is 1. The van der Waals surface area contributed by atoms with Crippen molar-refractivity contribution in [2.24, 2.45) is 0 Å². The van der Waals surface area contributed by atoms with Gasteiger partial charge < -0.3 is 19.5 Å². The summed E-state index contributed by atoms with van der Waals surface area (Å²) in [5.41, 5.74) is 1.92. The Morgan fingerprint density at radius 2 is 2.08 bits per heavy atom. The fourth-order valence-electron chi connectivity index (χ4n) is 2.70. The molecule has 1 amide bonds. The first-order chi connectivity index (χ1) is 11.9. The Bertz CT molecular complexity index is 767. The second-order valence-corrected chi connectivity index (χ2v) is 6.89. The van der Waals surface area contributed by atoms with Gasteiger partial charge in [0.15, 0.2) is 0 Å². The van der Waals surface area contributed by atoms with Crippen LogP contribution in [-0.2, 0) is 11.3 Å². The van der Waals surface area contributed by atoms with E-state index in [4.69, 9.17) is 4.74 Å². The molecular formula is C18H25N3O3S.